The summed E-state index contributed by atoms with van der Waals surface area (Å²) in [5, 5.41) is 0. The van der Waals surface area contributed by atoms with E-state index in [0.29, 0.717) is 18.5 Å². The third-order valence-corrected chi connectivity index (χ3v) is 3.95. The summed E-state index contributed by atoms with van der Waals surface area (Å²) >= 11 is 0. The molecule has 0 saturated carbocycles. The van der Waals surface area contributed by atoms with Crippen molar-refractivity contribution in [2.24, 2.45) is 0 Å². The van der Waals surface area contributed by atoms with Gasteiger partial charge >= 0.3 is 0 Å². The normalized spacial score (nSPS) is 16.7. The molecule has 1 fully saturated rings. The van der Waals surface area contributed by atoms with Gasteiger partial charge < -0.3 is 9.64 Å². The fourth-order valence-electron chi connectivity index (χ4n) is 2.26. The molecule has 0 aliphatic carbocycles. The molecule has 1 saturated heterocycles. The van der Waals surface area contributed by atoms with Crippen LogP contribution in [0, 0.1) is 0 Å². The summed E-state index contributed by atoms with van der Waals surface area (Å²) in [7, 11) is 2.70. The molecule has 1 aliphatic heterocycles. The number of anilines is 1. The molecule has 0 spiro atoms. The van der Waals surface area contributed by atoms with Crippen LogP contribution in [-0.4, -0.2) is 59.9 Å². The van der Waals surface area contributed by atoms with E-state index >= 15 is 0 Å². The van der Waals surface area contributed by atoms with E-state index in [1.54, 1.807) is 6.20 Å². The first-order valence-corrected chi connectivity index (χ1v) is 8.17. The van der Waals surface area contributed by atoms with Crippen LogP contribution in [0.5, 0.6) is 5.88 Å². The summed E-state index contributed by atoms with van der Waals surface area (Å²) in [6.45, 7) is 9.29. The van der Waals surface area contributed by atoms with Crippen molar-refractivity contribution < 1.29 is 4.74 Å². The Morgan fingerprint density at radius 3 is 2.70 bits per heavy atom. The molecule has 1 aromatic rings. The number of hydrogen-bond donors (Lipinski definition) is 0. The lowest BCUT2D eigenvalue weighted by molar-refractivity contribution is 0.208. The van der Waals surface area contributed by atoms with Gasteiger partial charge in [-0.05, 0) is 26.4 Å². The Bertz CT molecular complexity index is 408. The summed E-state index contributed by atoms with van der Waals surface area (Å²) in [5.74, 6) is 1.47. The van der Waals surface area contributed by atoms with Crippen LogP contribution in [0.15, 0.2) is 12.3 Å². The van der Waals surface area contributed by atoms with Gasteiger partial charge in [0.15, 0.2) is 0 Å². The van der Waals surface area contributed by atoms with Crippen molar-refractivity contribution in [2.45, 2.75) is 26.3 Å². The second-order valence-electron chi connectivity index (χ2n) is 5.30. The van der Waals surface area contributed by atoms with Crippen molar-refractivity contribution in [3.05, 3.63) is 12.3 Å². The van der Waals surface area contributed by atoms with Crippen LogP contribution in [0.3, 0.4) is 0 Å². The minimum Gasteiger partial charge on any atom is -0.478 e. The minimum atomic E-state index is 0.611. The Kier molecular flexibility index (Phi) is 5.99. The van der Waals surface area contributed by atoms with E-state index in [0.717, 1.165) is 44.7 Å². The van der Waals surface area contributed by atoms with Gasteiger partial charge in [-0.2, -0.15) is 4.98 Å². The molecular weight excluding hydrogens is 271 g/mol. The molecule has 1 unspecified atom stereocenters. The Balaban J connectivity index is 1.91. The van der Waals surface area contributed by atoms with E-state index < -0.39 is 0 Å². The topological polar surface area (TPSA) is 41.5 Å². The van der Waals surface area contributed by atoms with Gasteiger partial charge in [0.1, 0.15) is 0 Å². The molecule has 0 radical (unpaired) electrons. The second kappa shape index (κ2) is 7.75. The lowest BCUT2D eigenvalue weighted by Gasteiger charge is -2.36. The maximum atomic E-state index is 5.64. The largest absolute Gasteiger partial charge is 0.478 e. The first-order valence-electron chi connectivity index (χ1n) is 7.35. The molecule has 2 heterocycles. The van der Waals surface area contributed by atoms with E-state index in [-0.39, 0.29) is 0 Å². The molecule has 1 aliphatic rings. The van der Waals surface area contributed by atoms with Gasteiger partial charge in [0.2, 0.25) is 11.8 Å². The number of ether oxygens (including phenoxy) is 1. The van der Waals surface area contributed by atoms with E-state index in [1.807, 2.05) is 6.07 Å². The summed E-state index contributed by atoms with van der Waals surface area (Å²) < 4.78 is 5.64. The molecule has 5 nitrogen and oxygen atoms in total. The molecule has 6 heteroatoms. The average molecular weight is 296 g/mol. The predicted molar refractivity (Wildman–Crippen MR) is 85.6 cm³/mol. The maximum Gasteiger partial charge on any atom is 0.228 e. The highest BCUT2D eigenvalue weighted by molar-refractivity contribution is 7.16. The highest BCUT2D eigenvalue weighted by Crippen LogP contribution is 2.15. The van der Waals surface area contributed by atoms with Crippen LogP contribution in [0.25, 0.3) is 0 Å². The van der Waals surface area contributed by atoms with Gasteiger partial charge in [-0.3, -0.25) is 4.90 Å². The molecule has 0 amide bonds. The number of rotatable bonds is 6. The van der Waals surface area contributed by atoms with Crippen LogP contribution in [0.2, 0.25) is 0 Å². The molecule has 0 N–H and O–H groups in total. The van der Waals surface area contributed by atoms with Gasteiger partial charge in [0.25, 0.3) is 0 Å². The number of piperazine rings is 1. The van der Waals surface area contributed by atoms with Crippen molar-refractivity contribution in [3.63, 3.8) is 0 Å². The zero-order valence-electron chi connectivity index (χ0n) is 12.5. The van der Waals surface area contributed by atoms with E-state index in [1.165, 1.54) is 0 Å². The smallest absolute Gasteiger partial charge is 0.228 e. The first kappa shape index (κ1) is 15.5. The molecular formula is C14H25N4OP. The molecule has 20 heavy (non-hydrogen) atoms. The van der Waals surface area contributed by atoms with Crippen molar-refractivity contribution in [1.29, 1.82) is 0 Å². The Morgan fingerprint density at radius 1 is 1.30 bits per heavy atom. The molecule has 1 aromatic heterocycles. The average Bonchev–Trinajstić information content (AvgIpc) is 2.48. The van der Waals surface area contributed by atoms with Crippen molar-refractivity contribution >= 4 is 15.2 Å². The third kappa shape index (κ3) is 4.29. The molecule has 0 bridgehead atoms. The van der Waals surface area contributed by atoms with Crippen LogP contribution >= 0.6 is 9.24 Å². The van der Waals surface area contributed by atoms with E-state index in [4.69, 9.17) is 4.74 Å². The van der Waals surface area contributed by atoms with Gasteiger partial charge in [-0.25, -0.2) is 4.98 Å². The van der Waals surface area contributed by atoms with Crippen molar-refractivity contribution in [3.8, 4) is 5.88 Å². The molecule has 112 valence electrons. The molecule has 2 rings (SSSR count). The van der Waals surface area contributed by atoms with Gasteiger partial charge in [0.05, 0.1) is 6.61 Å². The lowest BCUT2D eigenvalue weighted by Crippen LogP contribution is -2.49. The number of nitrogens with zero attached hydrogens (tertiary/aromatic N) is 4. The van der Waals surface area contributed by atoms with Crippen LogP contribution in [0.1, 0.15) is 20.3 Å². The van der Waals surface area contributed by atoms with Crippen molar-refractivity contribution in [1.82, 2.24) is 14.9 Å². The monoisotopic (exact) mass is 296 g/mol. The highest BCUT2D eigenvalue weighted by Gasteiger charge is 2.20. The zero-order valence-corrected chi connectivity index (χ0v) is 13.6. The standard InChI is InChI=1S/C14H25N4OP/c1-12(2)17-6-8-18(9-7-17)14-15-5-4-13(16-14)19-10-3-11-20/h4-5,12H,3,6-11,20H2,1-2H3. The fraction of sp³-hybridized carbons (Fsp3) is 0.714. The van der Waals surface area contributed by atoms with Gasteiger partial charge in [0, 0.05) is 44.5 Å². The van der Waals surface area contributed by atoms with Crippen molar-refractivity contribution in [2.75, 3.05) is 43.8 Å². The van der Waals surface area contributed by atoms with E-state index in [9.17, 15) is 0 Å². The quantitative estimate of drug-likeness (QED) is 0.590. The summed E-state index contributed by atoms with van der Waals surface area (Å²) in [6, 6.07) is 2.44. The second-order valence-corrected chi connectivity index (χ2v) is 5.88. The van der Waals surface area contributed by atoms with Crippen LogP contribution in [-0.2, 0) is 0 Å². The van der Waals surface area contributed by atoms with E-state index in [2.05, 4.69) is 42.9 Å². The summed E-state index contributed by atoms with van der Waals surface area (Å²) in [4.78, 5) is 13.6. The van der Waals surface area contributed by atoms with Gasteiger partial charge in [-0.1, -0.05) is 0 Å². The fourth-order valence-corrected chi connectivity index (χ4v) is 2.43. The maximum absolute atomic E-state index is 5.64. The lowest BCUT2D eigenvalue weighted by atomic mass is 10.2. The zero-order chi connectivity index (χ0) is 14.4. The molecule has 0 aromatic carbocycles. The van der Waals surface area contributed by atoms with Gasteiger partial charge in [-0.15, -0.1) is 9.24 Å². The highest BCUT2D eigenvalue weighted by atomic mass is 31.0. The predicted octanol–water partition coefficient (Wildman–Crippen LogP) is 1.65. The number of hydrogen-bond acceptors (Lipinski definition) is 5. The minimum absolute atomic E-state index is 0.611. The first-order chi connectivity index (χ1) is 9.70. The third-order valence-electron chi connectivity index (χ3n) is 3.54. The summed E-state index contributed by atoms with van der Waals surface area (Å²) in [6.07, 6.45) is 3.86. The SMILES string of the molecule is CC(C)N1CCN(c2nccc(OCCCP)n2)CC1. The Labute approximate surface area is 123 Å². The number of aromatic nitrogens is 2. The van der Waals surface area contributed by atoms with Crippen LogP contribution < -0.4 is 9.64 Å². The summed E-state index contributed by atoms with van der Waals surface area (Å²) in [5.41, 5.74) is 0. The van der Waals surface area contributed by atoms with Crippen LogP contribution in [0.4, 0.5) is 5.95 Å². The Morgan fingerprint density at radius 2 is 2.05 bits per heavy atom. The Hall–Kier alpha value is -0.930. The molecule has 1 atom stereocenters.